The largest absolute Gasteiger partial charge is 0.376 e. The number of carbonyl (C=O) groups excluding carboxylic acids is 1. The summed E-state index contributed by atoms with van der Waals surface area (Å²) in [5.74, 6) is 0.418. The summed E-state index contributed by atoms with van der Waals surface area (Å²) in [7, 11) is 0. The van der Waals surface area contributed by atoms with Crippen LogP contribution in [0.15, 0.2) is 4.99 Å². The van der Waals surface area contributed by atoms with E-state index < -0.39 is 0 Å². The molecule has 0 saturated carbocycles. The summed E-state index contributed by atoms with van der Waals surface area (Å²) in [6, 6.07) is 0.440. The van der Waals surface area contributed by atoms with E-state index in [-0.39, 0.29) is 36.5 Å². The molecule has 29 heavy (non-hydrogen) atoms. The number of Topliss-reactive ketones (excluding diaryl/α,β-unsaturated/α-hetero) is 1. The van der Waals surface area contributed by atoms with E-state index in [9.17, 15) is 4.79 Å². The van der Waals surface area contributed by atoms with Crippen molar-refractivity contribution in [3.05, 3.63) is 0 Å². The number of nitrogens with one attached hydrogen (secondary N) is 1. The van der Waals surface area contributed by atoms with Crippen LogP contribution in [0.5, 0.6) is 0 Å². The molecule has 2 aliphatic rings. The van der Waals surface area contributed by atoms with Crippen LogP contribution in [0.2, 0.25) is 0 Å². The third kappa shape index (κ3) is 7.76. The Labute approximate surface area is 178 Å². The molecule has 0 bridgehead atoms. The molecule has 2 aliphatic heterocycles. The van der Waals surface area contributed by atoms with E-state index in [0.717, 1.165) is 83.1 Å². The molecule has 2 heterocycles. The van der Waals surface area contributed by atoms with Gasteiger partial charge in [-0.3, -0.25) is 9.79 Å². The van der Waals surface area contributed by atoms with Crippen molar-refractivity contribution in [2.24, 2.45) is 10.9 Å². The highest BCUT2D eigenvalue weighted by Gasteiger charge is 2.36. The number of rotatable bonds is 14. The molecule has 0 amide bonds. The third-order valence-corrected chi connectivity index (χ3v) is 6.37. The van der Waals surface area contributed by atoms with Crippen LogP contribution in [-0.2, 0) is 14.3 Å². The molecule has 0 aromatic rings. The van der Waals surface area contributed by atoms with Crippen molar-refractivity contribution in [1.29, 1.82) is 0 Å². The van der Waals surface area contributed by atoms with E-state index in [1.165, 1.54) is 0 Å². The van der Waals surface area contributed by atoms with Crippen molar-refractivity contribution < 1.29 is 14.3 Å². The number of nitrogens with zero attached hydrogens (tertiary/aromatic N) is 1. The number of hydrogen-bond donors (Lipinski definition) is 1. The Kier molecular flexibility index (Phi) is 11.4. The van der Waals surface area contributed by atoms with Gasteiger partial charge in [-0.1, -0.05) is 40.0 Å². The minimum absolute atomic E-state index is 0.0223. The lowest BCUT2D eigenvalue weighted by atomic mass is 9.93. The second-order valence-corrected chi connectivity index (χ2v) is 8.84. The second-order valence-electron chi connectivity index (χ2n) is 8.84. The third-order valence-electron chi connectivity index (χ3n) is 6.37. The first kappa shape index (κ1) is 24.5. The fourth-order valence-corrected chi connectivity index (χ4v) is 4.62. The van der Waals surface area contributed by atoms with Gasteiger partial charge >= 0.3 is 0 Å². The smallest absolute Gasteiger partial charge is 0.157 e. The van der Waals surface area contributed by atoms with Crippen LogP contribution in [0, 0.1) is 5.92 Å². The van der Waals surface area contributed by atoms with Gasteiger partial charge in [0.2, 0.25) is 0 Å². The SMILES string of the molecule is CCCCC(CC)C(=O)C/N=C(/C1CCCO1)C(NC(C)CCC)[C@@H]1CCCO1. The first-order chi connectivity index (χ1) is 14.1. The topological polar surface area (TPSA) is 59.9 Å². The standard InChI is InChI=1S/C24H44N2O3/c1-5-8-12-19(7-3)20(27)17-25-23(21-13-9-15-28-21)24(22-14-10-16-29-22)26-18(4)11-6-2/h18-19,21-22,24,26H,5-17H2,1-4H3/b25-23-/t18?,19?,21?,22-,24?/m0/s1. The highest BCUT2D eigenvalue weighted by atomic mass is 16.5. The first-order valence-electron chi connectivity index (χ1n) is 12.2. The van der Waals surface area contributed by atoms with Crippen LogP contribution < -0.4 is 5.32 Å². The predicted octanol–water partition coefficient (Wildman–Crippen LogP) is 4.72. The van der Waals surface area contributed by atoms with Gasteiger partial charge in [-0.05, 0) is 51.9 Å². The summed E-state index contributed by atoms with van der Waals surface area (Å²) in [6.07, 6.45) is 10.8. The fraction of sp³-hybridized carbons (Fsp3) is 0.917. The number of ether oxygens (including phenoxy) is 2. The van der Waals surface area contributed by atoms with Crippen LogP contribution >= 0.6 is 0 Å². The Morgan fingerprint density at radius 3 is 2.41 bits per heavy atom. The maximum Gasteiger partial charge on any atom is 0.157 e. The van der Waals surface area contributed by atoms with Gasteiger partial charge < -0.3 is 14.8 Å². The summed E-state index contributed by atoms with van der Waals surface area (Å²) in [6.45, 7) is 10.6. The molecule has 2 saturated heterocycles. The zero-order valence-corrected chi connectivity index (χ0v) is 19.3. The normalized spacial score (nSPS) is 25.9. The summed E-state index contributed by atoms with van der Waals surface area (Å²) in [5.41, 5.74) is 1.02. The highest BCUT2D eigenvalue weighted by Crippen LogP contribution is 2.24. The molecule has 0 spiro atoms. The summed E-state index contributed by atoms with van der Waals surface area (Å²) < 4.78 is 12.1. The van der Waals surface area contributed by atoms with E-state index in [2.05, 4.69) is 33.0 Å². The number of aliphatic imine (C=N–C) groups is 1. The molecule has 0 aromatic heterocycles. The van der Waals surface area contributed by atoms with Crippen molar-refractivity contribution in [3.63, 3.8) is 0 Å². The zero-order chi connectivity index (χ0) is 21.1. The highest BCUT2D eigenvalue weighted by molar-refractivity contribution is 5.96. The van der Waals surface area contributed by atoms with Gasteiger partial charge in [-0.2, -0.15) is 0 Å². The number of hydrogen-bond acceptors (Lipinski definition) is 5. The Bertz CT molecular complexity index is 496. The lowest BCUT2D eigenvalue weighted by Gasteiger charge is -2.31. The van der Waals surface area contributed by atoms with Crippen molar-refractivity contribution in [3.8, 4) is 0 Å². The van der Waals surface area contributed by atoms with Gasteiger partial charge in [-0.25, -0.2) is 0 Å². The van der Waals surface area contributed by atoms with Crippen LogP contribution in [0.3, 0.4) is 0 Å². The molecule has 4 unspecified atom stereocenters. The van der Waals surface area contributed by atoms with E-state index in [1.807, 2.05) is 0 Å². The zero-order valence-electron chi connectivity index (χ0n) is 19.3. The molecule has 0 aliphatic carbocycles. The Morgan fingerprint density at radius 1 is 1.07 bits per heavy atom. The van der Waals surface area contributed by atoms with Crippen LogP contribution in [0.1, 0.15) is 91.9 Å². The molecule has 2 rings (SSSR count). The van der Waals surface area contributed by atoms with Crippen molar-refractivity contribution in [2.75, 3.05) is 19.8 Å². The minimum Gasteiger partial charge on any atom is -0.376 e. The molecule has 1 N–H and O–H groups in total. The molecule has 168 valence electrons. The molecular formula is C24H44N2O3. The number of unbranched alkanes of at least 4 members (excludes halogenated alkanes) is 1. The molecule has 5 atom stereocenters. The van der Waals surface area contributed by atoms with Gasteiger partial charge in [0.05, 0.1) is 30.5 Å². The van der Waals surface area contributed by atoms with E-state index in [4.69, 9.17) is 14.5 Å². The average molecular weight is 409 g/mol. The fourth-order valence-electron chi connectivity index (χ4n) is 4.62. The molecular weight excluding hydrogens is 364 g/mol. The van der Waals surface area contributed by atoms with Gasteiger partial charge in [0, 0.05) is 25.2 Å². The lowest BCUT2D eigenvalue weighted by Crippen LogP contribution is -2.53. The predicted molar refractivity (Wildman–Crippen MR) is 120 cm³/mol. The Morgan fingerprint density at radius 2 is 1.83 bits per heavy atom. The van der Waals surface area contributed by atoms with Crippen molar-refractivity contribution in [2.45, 2.75) is 116 Å². The van der Waals surface area contributed by atoms with Crippen LogP contribution in [0.25, 0.3) is 0 Å². The maximum absolute atomic E-state index is 12.9. The molecule has 5 heteroatoms. The summed E-state index contributed by atoms with van der Waals surface area (Å²) in [4.78, 5) is 17.8. The molecule has 2 fully saturated rings. The quantitative estimate of drug-likeness (QED) is 0.423. The van der Waals surface area contributed by atoms with Gasteiger partial charge in [-0.15, -0.1) is 0 Å². The van der Waals surface area contributed by atoms with Crippen LogP contribution in [-0.4, -0.2) is 55.5 Å². The van der Waals surface area contributed by atoms with Gasteiger partial charge in [0.15, 0.2) is 5.78 Å². The summed E-state index contributed by atoms with van der Waals surface area (Å²) >= 11 is 0. The van der Waals surface area contributed by atoms with Crippen molar-refractivity contribution >= 4 is 11.5 Å². The number of ketones is 1. The maximum atomic E-state index is 12.9. The van der Waals surface area contributed by atoms with E-state index >= 15 is 0 Å². The van der Waals surface area contributed by atoms with E-state index in [0.29, 0.717) is 6.04 Å². The monoisotopic (exact) mass is 408 g/mol. The molecule has 0 radical (unpaired) electrons. The lowest BCUT2D eigenvalue weighted by molar-refractivity contribution is -0.121. The Hall–Kier alpha value is -0.780. The van der Waals surface area contributed by atoms with E-state index in [1.54, 1.807) is 0 Å². The summed E-state index contributed by atoms with van der Waals surface area (Å²) in [5, 5.41) is 3.79. The van der Waals surface area contributed by atoms with Gasteiger partial charge in [0.25, 0.3) is 0 Å². The number of carbonyl (C=O) groups is 1. The Balaban J connectivity index is 2.18. The minimum atomic E-state index is 0.0223. The van der Waals surface area contributed by atoms with Crippen LogP contribution in [0.4, 0.5) is 0 Å². The second kappa shape index (κ2) is 13.5. The molecule has 5 nitrogen and oxygen atoms in total. The average Bonchev–Trinajstić information content (AvgIpc) is 3.42. The molecule has 0 aromatic carbocycles. The first-order valence-corrected chi connectivity index (χ1v) is 12.2. The van der Waals surface area contributed by atoms with Crippen molar-refractivity contribution in [1.82, 2.24) is 5.32 Å². The van der Waals surface area contributed by atoms with Gasteiger partial charge in [0.1, 0.15) is 0 Å².